The molecule has 0 saturated heterocycles. The number of aliphatic hydroxyl groups excluding tert-OH is 1. The second kappa shape index (κ2) is 7.89. The first-order valence-corrected chi connectivity index (χ1v) is 7.21. The van der Waals surface area contributed by atoms with Gasteiger partial charge in [-0.05, 0) is 48.9 Å². The summed E-state index contributed by atoms with van der Waals surface area (Å²) in [5, 5.41) is 14.0. The molecule has 0 bridgehead atoms. The molecule has 122 valence electrons. The Bertz CT molecular complexity index is 524. The predicted octanol–water partition coefficient (Wildman–Crippen LogP) is 1.99. The highest BCUT2D eigenvalue weighted by Crippen LogP contribution is 2.20. The second-order valence-corrected chi connectivity index (χ2v) is 6.15. The van der Waals surface area contributed by atoms with Gasteiger partial charge in [0, 0.05) is 18.8 Å². The molecule has 6 heteroatoms. The quantitative estimate of drug-likeness (QED) is 0.555. The lowest BCUT2D eigenvalue weighted by Gasteiger charge is -2.21. The summed E-state index contributed by atoms with van der Waals surface area (Å²) in [4.78, 5) is 23.3. The number of aryl methyl sites for hydroxylation is 1. The average Bonchev–Trinajstić information content (AvgIpc) is 2.42. The van der Waals surface area contributed by atoms with E-state index in [9.17, 15) is 14.0 Å². The normalized spacial score (nSPS) is 11.1. The van der Waals surface area contributed by atoms with Gasteiger partial charge in [0.15, 0.2) is 0 Å². The first kappa shape index (κ1) is 18.1. The minimum atomic E-state index is -0.827. The molecule has 1 aromatic carbocycles. The molecule has 0 aromatic heterocycles. The standard InChI is InChI=1S/C16H23FN2O3/c1-11-7-12(17)9-13(8-11)19-15(22)14(21)18-6-4-5-16(2,3)10-20/h7-9,20H,4-6,10H2,1-3H3,(H,18,21)(H,19,22). The number of rotatable bonds is 6. The SMILES string of the molecule is Cc1cc(F)cc(NC(=O)C(=O)NCCCC(C)(C)CO)c1. The number of carbonyl (C=O) groups is 2. The number of nitrogens with one attached hydrogen (secondary N) is 2. The molecular weight excluding hydrogens is 287 g/mol. The number of hydrogen-bond acceptors (Lipinski definition) is 3. The third kappa shape index (κ3) is 6.22. The van der Waals surface area contributed by atoms with Crippen molar-refractivity contribution in [2.24, 2.45) is 5.41 Å². The Balaban J connectivity index is 2.41. The van der Waals surface area contributed by atoms with Crippen molar-refractivity contribution in [1.29, 1.82) is 0 Å². The molecule has 0 aliphatic heterocycles. The number of carbonyl (C=O) groups excluding carboxylic acids is 2. The lowest BCUT2D eigenvalue weighted by atomic mass is 9.89. The van der Waals surface area contributed by atoms with Gasteiger partial charge in [0.2, 0.25) is 0 Å². The van der Waals surface area contributed by atoms with E-state index in [1.165, 1.54) is 6.07 Å². The molecule has 0 spiro atoms. The molecule has 2 amide bonds. The van der Waals surface area contributed by atoms with Crippen LogP contribution in [0.4, 0.5) is 10.1 Å². The summed E-state index contributed by atoms with van der Waals surface area (Å²) in [7, 11) is 0. The van der Waals surface area contributed by atoms with Crippen LogP contribution in [0.5, 0.6) is 0 Å². The lowest BCUT2D eigenvalue weighted by Crippen LogP contribution is -2.36. The summed E-state index contributed by atoms with van der Waals surface area (Å²) in [5.41, 5.74) is 0.701. The van der Waals surface area contributed by atoms with Gasteiger partial charge in [0.05, 0.1) is 0 Å². The van der Waals surface area contributed by atoms with Gasteiger partial charge >= 0.3 is 11.8 Å². The Hall–Kier alpha value is -1.95. The summed E-state index contributed by atoms with van der Waals surface area (Å²) in [6.45, 7) is 5.96. The molecule has 0 unspecified atom stereocenters. The number of amides is 2. The van der Waals surface area contributed by atoms with Crippen molar-refractivity contribution >= 4 is 17.5 Å². The smallest absolute Gasteiger partial charge is 0.313 e. The van der Waals surface area contributed by atoms with Crippen molar-refractivity contribution in [3.05, 3.63) is 29.6 Å². The molecule has 5 nitrogen and oxygen atoms in total. The van der Waals surface area contributed by atoms with Crippen molar-refractivity contribution in [3.63, 3.8) is 0 Å². The number of benzene rings is 1. The Morgan fingerprint density at radius 1 is 1.23 bits per heavy atom. The predicted molar refractivity (Wildman–Crippen MR) is 82.9 cm³/mol. The van der Waals surface area contributed by atoms with E-state index in [0.29, 0.717) is 18.5 Å². The maximum absolute atomic E-state index is 13.2. The molecular formula is C16H23FN2O3. The third-order valence-corrected chi connectivity index (χ3v) is 3.25. The number of anilines is 1. The van der Waals surface area contributed by atoms with Crippen LogP contribution in [-0.2, 0) is 9.59 Å². The number of aliphatic hydroxyl groups is 1. The Morgan fingerprint density at radius 3 is 2.50 bits per heavy atom. The van der Waals surface area contributed by atoms with E-state index in [1.807, 2.05) is 13.8 Å². The fraction of sp³-hybridized carbons (Fsp3) is 0.500. The summed E-state index contributed by atoms with van der Waals surface area (Å²) < 4.78 is 13.2. The van der Waals surface area contributed by atoms with Gasteiger partial charge in [0.1, 0.15) is 5.82 Å². The van der Waals surface area contributed by atoms with Crippen molar-refractivity contribution < 1.29 is 19.1 Å². The molecule has 0 heterocycles. The van der Waals surface area contributed by atoms with Crippen LogP contribution in [0, 0.1) is 18.2 Å². The molecule has 0 saturated carbocycles. The molecule has 0 atom stereocenters. The lowest BCUT2D eigenvalue weighted by molar-refractivity contribution is -0.136. The highest BCUT2D eigenvalue weighted by molar-refractivity contribution is 6.39. The summed E-state index contributed by atoms with van der Waals surface area (Å²) in [6, 6.07) is 4.07. The molecule has 1 rings (SSSR count). The highest BCUT2D eigenvalue weighted by atomic mass is 19.1. The van der Waals surface area contributed by atoms with Gasteiger partial charge in [-0.2, -0.15) is 0 Å². The monoisotopic (exact) mass is 310 g/mol. The number of halogens is 1. The van der Waals surface area contributed by atoms with Gasteiger partial charge in [-0.15, -0.1) is 0 Å². The zero-order chi connectivity index (χ0) is 16.8. The minimum Gasteiger partial charge on any atom is -0.396 e. The maximum atomic E-state index is 13.2. The van der Waals surface area contributed by atoms with Crippen molar-refractivity contribution in [2.45, 2.75) is 33.6 Å². The summed E-state index contributed by atoms with van der Waals surface area (Å²) >= 11 is 0. The van der Waals surface area contributed by atoms with Crippen LogP contribution < -0.4 is 10.6 Å². The maximum Gasteiger partial charge on any atom is 0.313 e. The van der Waals surface area contributed by atoms with E-state index in [2.05, 4.69) is 10.6 Å². The fourth-order valence-corrected chi connectivity index (χ4v) is 1.92. The van der Waals surface area contributed by atoms with Gasteiger partial charge in [-0.1, -0.05) is 13.8 Å². The molecule has 0 aliphatic carbocycles. The molecule has 1 aromatic rings. The van der Waals surface area contributed by atoms with E-state index in [0.717, 1.165) is 12.5 Å². The average molecular weight is 310 g/mol. The Morgan fingerprint density at radius 2 is 1.91 bits per heavy atom. The van der Waals surface area contributed by atoms with E-state index >= 15 is 0 Å². The van der Waals surface area contributed by atoms with Gasteiger partial charge in [0.25, 0.3) is 0 Å². The van der Waals surface area contributed by atoms with Crippen LogP contribution in [-0.4, -0.2) is 30.1 Å². The zero-order valence-corrected chi connectivity index (χ0v) is 13.2. The van der Waals surface area contributed by atoms with Gasteiger partial charge < -0.3 is 15.7 Å². The summed E-state index contributed by atoms with van der Waals surface area (Å²) in [5.74, 6) is -2.06. The third-order valence-electron chi connectivity index (χ3n) is 3.25. The Kier molecular flexibility index (Phi) is 6.49. The van der Waals surface area contributed by atoms with Crippen LogP contribution in [0.1, 0.15) is 32.3 Å². The van der Waals surface area contributed by atoms with Crippen molar-refractivity contribution in [1.82, 2.24) is 5.32 Å². The van der Waals surface area contributed by atoms with E-state index < -0.39 is 17.6 Å². The minimum absolute atomic E-state index is 0.0698. The first-order chi connectivity index (χ1) is 10.2. The van der Waals surface area contributed by atoms with Crippen molar-refractivity contribution in [3.8, 4) is 0 Å². The van der Waals surface area contributed by atoms with Crippen LogP contribution in [0.2, 0.25) is 0 Å². The van der Waals surface area contributed by atoms with Crippen molar-refractivity contribution in [2.75, 3.05) is 18.5 Å². The van der Waals surface area contributed by atoms with E-state index in [4.69, 9.17) is 5.11 Å². The number of hydrogen-bond donors (Lipinski definition) is 3. The van der Waals surface area contributed by atoms with Gasteiger partial charge in [-0.25, -0.2) is 4.39 Å². The largest absolute Gasteiger partial charge is 0.396 e. The summed E-state index contributed by atoms with van der Waals surface area (Å²) in [6.07, 6.45) is 1.39. The topological polar surface area (TPSA) is 78.4 Å². The van der Waals surface area contributed by atoms with Crippen LogP contribution in [0.15, 0.2) is 18.2 Å². The van der Waals surface area contributed by atoms with E-state index in [1.54, 1.807) is 13.0 Å². The zero-order valence-electron chi connectivity index (χ0n) is 13.2. The van der Waals surface area contributed by atoms with E-state index in [-0.39, 0.29) is 17.7 Å². The first-order valence-electron chi connectivity index (χ1n) is 7.21. The molecule has 0 aliphatic rings. The van der Waals surface area contributed by atoms with Crippen LogP contribution in [0.3, 0.4) is 0 Å². The second-order valence-electron chi connectivity index (χ2n) is 6.15. The molecule has 0 radical (unpaired) electrons. The highest BCUT2D eigenvalue weighted by Gasteiger charge is 2.17. The fourth-order valence-electron chi connectivity index (χ4n) is 1.92. The van der Waals surface area contributed by atoms with Gasteiger partial charge in [-0.3, -0.25) is 9.59 Å². The van der Waals surface area contributed by atoms with Crippen LogP contribution >= 0.6 is 0 Å². The van der Waals surface area contributed by atoms with Crippen LogP contribution in [0.25, 0.3) is 0 Å². The Labute approximate surface area is 129 Å². The molecule has 22 heavy (non-hydrogen) atoms. The molecule has 0 fully saturated rings. The molecule has 3 N–H and O–H groups in total.